The third-order valence-corrected chi connectivity index (χ3v) is 4.14. The van der Waals surface area contributed by atoms with Crippen molar-refractivity contribution < 1.29 is 5.11 Å². The first kappa shape index (κ1) is 14.9. The van der Waals surface area contributed by atoms with Crippen LogP contribution < -0.4 is 0 Å². The summed E-state index contributed by atoms with van der Waals surface area (Å²) in [6, 6.07) is 20.8. The van der Waals surface area contributed by atoms with E-state index < -0.39 is 0 Å². The zero-order valence-electron chi connectivity index (χ0n) is 11.7. The zero-order chi connectivity index (χ0) is 14.2. The van der Waals surface area contributed by atoms with E-state index in [1.54, 1.807) is 11.8 Å². The van der Waals surface area contributed by atoms with Crippen LogP contribution in [0, 0.1) is 0 Å². The largest absolute Gasteiger partial charge is 0.393 e. The van der Waals surface area contributed by atoms with Crippen molar-refractivity contribution in [3.05, 3.63) is 76.7 Å². The van der Waals surface area contributed by atoms with Gasteiger partial charge < -0.3 is 5.11 Å². The molecule has 0 unspecified atom stereocenters. The summed E-state index contributed by atoms with van der Waals surface area (Å²) in [5, 5.41) is 9.49. The quantitative estimate of drug-likeness (QED) is 0.849. The number of aliphatic hydroxyl groups excluding tert-OH is 1. The Labute approximate surface area is 125 Å². The maximum Gasteiger partial charge on any atom is 0.0605 e. The summed E-state index contributed by atoms with van der Waals surface area (Å²) in [5.41, 5.74) is 2.50. The van der Waals surface area contributed by atoms with E-state index in [2.05, 4.69) is 42.5 Å². The van der Waals surface area contributed by atoms with Gasteiger partial charge in [-0.2, -0.15) is 0 Å². The van der Waals surface area contributed by atoms with Crippen LogP contribution in [0.3, 0.4) is 0 Å². The third kappa shape index (κ3) is 5.24. The number of benzene rings is 2. The molecule has 0 saturated heterocycles. The van der Waals surface area contributed by atoms with Crippen molar-refractivity contribution in [3.63, 3.8) is 0 Å². The lowest BCUT2D eigenvalue weighted by molar-refractivity contribution is 0.220. The average Bonchev–Trinajstić information content (AvgIpc) is 2.47. The molecule has 0 saturated carbocycles. The lowest BCUT2D eigenvalue weighted by Crippen LogP contribution is -2.03. The van der Waals surface area contributed by atoms with E-state index in [4.69, 9.17) is 0 Å². The van der Waals surface area contributed by atoms with Crippen molar-refractivity contribution in [2.24, 2.45) is 0 Å². The van der Waals surface area contributed by atoms with Gasteiger partial charge in [-0.15, -0.1) is 11.8 Å². The Morgan fingerprint density at radius 3 is 2.25 bits per heavy atom. The molecule has 0 aromatic heterocycles. The first-order valence-corrected chi connectivity index (χ1v) is 7.83. The summed E-state index contributed by atoms with van der Waals surface area (Å²) in [6.07, 6.45) is 2.84. The van der Waals surface area contributed by atoms with Crippen molar-refractivity contribution >= 4 is 17.8 Å². The Kier molecular flexibility index (Phi) is 5.90. The topological polar surface area (TPSA) is 20.2 Å². The maximum absolute atomic E-state index is 9.49. The van der Waals surface area contributed by atoms with E-state index >= 15 is 0 Å². The van der Waals surface area contributed by atoms with E-state index in [1.165, 1.54) is 16.0 Å². The molecule has 0 aliphatic heterocycles. The molecule has 2 aromatic carbocycles. The highest BCUT2D eigenvalue weighted by molar-refractivity contribution is 8.03. The number of thioether (sulfide) groups is 1. The van der Waals surface area contributed by atoms with E-state index in [1.807, 2.05) is 31.2 Å². The number of rotatable bonds is 6. The first-order valence-electron chi connectivity index (χ1n) is 6.84. The third-order valence-electron chi connectivity index (χ3n) is 2.86. The number of hydrogen-bond donors (Lipinski definition) is 1. The van der Waals surface area contributed by atoms with Gasteiger partial charge in [0.15, 0.2) is 0 Å². The minimum atomic E-state index is -0.282. The number of hydrogen-bond acceptors (Lipinski definition) is 2. The molecule has 0 spiro atoms. The monoisotopic (exact) mass is 284 g/mol. The molecule has 0 bridgehead atoms. The molecule has 20 heavy (non-hydrogen) atoms. The minimum absolute atomic E-state index is 0.282. The number of aliphatic hydroxyl groups is 1. The Morgan fingerprint density at radius 1 is 1.05 bits per heavy atom. The van der Waals surface area contributed by atoms with Gasteiger partial charge in [-0.1, -0.05) is 60.7 Å². The van der Waals surface area contributed by atoms with Gasteiger partial charge in [-0.05, 0) is 29.0 Å². The first-order chi connectivity index (χ1) is 9.74. The lowest BCUT2D eigenvalue weighted by atomic mass is 10.1. The molecule has 1 nitrogen and oxygen atoms in total. The number of allylic oxidation sites excluding steroid dienone is 1. The van der Waals surface area contributed by atoms with Gasteiger partial charge in [-0.25, -0.2) is 0 Å². The van der Waals surface area contributed by atoms with Crippen molar-refractivity contribution in [3.8, 4) is 0 Å². The molecule has 2 aromatic rings. The highest BCUT2D eigenvalue weighted by Crippen LogP contribution is 2.24. The molecular formula is C18H20OS. The van der Waals surface area contributed by atoms with Crippen LogP contribution in [-0.4, -0.2) is 17.0 Å². The van der Waals surface area contributed by atoms with Gasteiger partial charge in [-0.3, -0.25) is 0 Å². The normalized spacial score (nSPS) is 13.2. The molecule has 104 valence electrons. The van der Waals surface area contributed by atoms with Crippen molar-refractivity contribution in [2.45, 2.75) is 19.4 Å². The molecule has 0 aliphatic carbocycles. The van der Waals surface area contributed by atoms with Gasteiger partial charge >= 0.3 is 0 Å². The van der Waals surface area contributed by atoms with Gasteiger partial charge in [0.2, 0.25) is 0 Å². The molecule has 0 heterocycles. The summed E-state index contributed by atoms with van der Waals surface area (Å²) in [6.45, 7) is 1.83. The highest BCUT2D eigenvalue weighted by atomic mass is 32.2. The second kappa shape index (κ2) is 7.93. The van der Waals surface area contributed by atoms with E-state index in [0.717, 1.165) is 12.2 Å². The molecule has 0 radical (unpaired) electrons. The van der Waals surface area contributed by atoms with Crippen LogP contribution in [0.5, 0.6) is 0 Å². The Bertz CT molecular complexity index is 532. The van der Waals surface area contributed by atoms with Crippen molar-refractivity contribution in [2.75, 3.05) is 5.75 Å². The predicted octanol–water partition coefficient (Wildman–Crippen LogP) is 4.38. The SMILES string of the molecule is C[C@H](O)CS/C(=C\c1ccccc1)Cc1ccccc1. The fourth-order valence-electron chi connectivity index (χ4n) is 1.90. The lowest BCUT2D eigenvalue weighted by Gasteiger charge is -2.09. The standard InChI is InChI=1S/C18H20OS/c1-15(19)14-20-18(12-16-8-4-2-5-9-16)13-17-10-6-3-7-11-17/h2-12,15,19H,13-14H2,1H3/b18-12-/t15-/m0/s1. The second-order valence-corrected chi connectivity index (χ2v) is 5.99. The van der Waals surface area contributed by atoms with Gasteiger partial charge in [0, 0.05) is 12.2 Å². The Morgan fingerprint density at radius 2 is 1.65 bits per heavy atom. The van der Waals surface area contributed by atoms with Crippen LogP contribution in [0.25, 0.3) is 6.08 Å². The smallest absolute Gasteiger partial charge is 0.0605 e. The van der Waals surface area contributed by atoms with E-state index in [9.17, 15) is 5.11 Å². The molecule has 1 atom stereocenters. The van der Waals surface area contributed by atoms with Crippen LogP contribution in [0.2, 0.25) is 0 Å². The summed E-state index contributed by atoms with van der Waals surface area (Å²) in [4.78, 5) is 1.28. The fourth-order valence-corrected chi connectivity index (χ4v) is 2.85. The molecule has 2 heteroatoms. The predicted molar refractivity (Wildman–Crippen MR) is 88.7 cm³/mol. The van der Waals surface area contributed by atoms with Crippen LogP contribution in [-0.2, 0) is 6.42 Å². The van der Waals surface area contributed by atoms with Gasteiger partial charge in [0.25, 0.3) is 0 Å². The van der Waals surface area contributed by atoms with Crippen LogP contribution >= 0.6 is 11.8 Å². The molecule has 2 rings (SSSR count). The zero-order valence-corrected chi connectivity index (χ0v) is 12.5. The van der Waals surface area contributed by atoms with Crippen LogP contribution in [0.4, 0.5) is 0 Å². The Balaban J connectivity index is 2.14. The summed E-state index contributed by atoms with van der Waals surface area (Å²) in [7, 11) is 0. The van der Waals surface area contributed by atoms with Gasteiger partial charge in [0.1, 0.15) is 0 Å². The van der Waals surface area contributed by atoms with E-state index in [-0.39, 0.29) is 6.10 Å². The van der Waals surface area contributed by atoms with Crippen molar-refractivity contribution in [1.82, 2.24) is 0 Å². The van der Waals surface area contributed by atoms with Gasteiger partial charge in [0.05, 0.1) is 6.10 Å². The maximum atomic E-state index is 9.49. The van der Waals surface area contributed by atoms with Crippen molar-refractivity contribution in [1.29, 1.82) is 0 Å². The minimum Gasteiger partial charge on any atom is -0.393 e. The van der Waals surface area contributed by atoms with Crippen LogP contribution in [0.1, 0.15) is 18.1 Å². The van der Waals surface area contributed by atoms with Crippen LogP contribution in [0.15, 0.2) is 65.6 Å². The molecule has 0 aliphatic rings. The average molecular weight is 284 g/mol. The molecular weight excluding hydrogens is 264 g/mol. The molecule has 0 fully saturated rings. The molecule has 0 amide bonds. The summed E-state index contributed by atoms with van der Waals surface area (Å²) >= 11 is 1.73. The summed E-state index contributed by atoms with van der Waals surface area (Å²) < 4.78 is 0. The van der Waals surface area contributed by atoms with E-state index in [0.29, 0.717) is 0 Å². The highest BCUT2D eigenvalue weighted by Gasteiger charge is 2.04. The Hall–Kier alpha value is -1.51. The summed E-state index contributed by atoms with van der Waals surface area (Å²) in [5.74, 6) is 0.728. The second-order valence-electron chi connectivity index (χ2n) is 4.84. The molecule has 1 N–H and O–H groups in total. The fraction of sp³-hybridized carbons (Fsp3) is 0.222.